The quantitative estimate of drug-likeness (QED) is 0.0503. The molecule has 0 bridgehead atoms. The van der Waals surface area contributed by atoms with E-state index in [1.165, 1.54) is 0 Å². The van der Waals surface area contributed by atoms with Crippen LogP contribution in [0.4, 0.5) is 4.79 Å². The highest BCUT2D eigenvalue weighted by Gasteiger charge is 2.52. The summed E-state index contributed by atoms with van der Waals surface area (Å²) in [5.41, 5.74) is 23.1. The van der Waals surface area contributed by atoms with E-state index in [0.717, 1.165) is 0 Å². The first kappa shape index (κ1) is 37.1. The third kappa shape index (κ3) is 8.68. The van der Waals surface area contributed by atoms with Crippen molar-refractivity contribution in [3.63, 3.8) is 0 Å². The van der Waals surface area contributed by atoms with E-state index in [1.807, 2.05) is 0 Å². The van der Waals surface area contributed by atoms with Gasteiger partial charge in [-0.25, -0.2) is 9.86 Å². The maximum absolute atomic E-state index is 12.6. The Morgan fingerprint density at radius 1 is 0.841 bits per heavy atom. The second kappa shape index (κ2) is 16.9. The maximum Gasteiger partial charge on any atom is 0.341 e. The van der Waals surface area contributed by atoms with Gasteiger partial charge in [0.05, 0.1) is 25.2 Å². The van der Waals surface area contributed by atoms with Gasteiger partial charge in [-0.2, -0.15) is 0 Å². The number of hydrogen-bond acceptors (Lipinski definition) is 18. The third-order valence-electron chi connectivity index (χ3n) is 7.99. The monoisotopic (exact) mass is 643 g/mol. The number of aliphatic hydroxyl groups excluding tert-OH is 7. The number of ether oxygens (including phenoxy) is 4. The molecule has 1 saturated carbocycles. The van der Waals surface area contributed by atoms with Crippen LogP contribution in [-0.2, 0) is 18.9 Å². The fourth-order valence-corrected chi connectivity index (χ4v) is 5.40. The van der Waals surface area contributed by atoms with Crippen LogP contribution < -0.4 is 33.6 Å². The molecule has 44 heavy (non-hydrogen) atoms. The van der Waals surface area contributed by atoms with Gasteiger partial charge in [0.2, 0.25) is 0 Å². The minimum Gasteiger partial charge on any atom is -0.394 e. The third-order valence-corrected chi connectivity index (χ3v) is 7.99. The van der Waals surface area contributed by atoms with E-state index in [2.05, 4.69) is 10.6 Å². The lowest BCUT2D eigenvalue weighted by Crippen LogP contribution is -2.69. The standard InChI is InChI=1S/C24H49N7O13/c25-2-1-4-29-7-11-15(34)17(36)18(37)23(41-11)43-20-9(27)6-10(30-24(39)31(40)5-3-26)21(19(20)38)44-22-16(35)13(28)14(33)12(8-32)42-22/h9-23,29,32-38,40H,1-8,25-28H2,(H,30,39)/t9-,10+,11+,12+,13-,14+,15+,16+,17-,18+,19-,20+,21-,22+,23+/m0/s1. The topological polar surface area (TPSA) is 347 Å². The Hall–Kier alpha value is -1.41. The molecule has 3 aliphatic rings. The normalized spacial score (nSPS) is 43.0. The molecule has 20 nitrogen and oxygen atoms in total. The SMILES string of the molecule is NCCCNC[C@H]1O[C@H](O[C@H]2[C@H](O)[C@@H](O[C@H]3O[C@H](CO)[C@@H](O)[C@H](N)[C@H]3O)[C@H](NC(=O)N(O)CCN)C[C@@H]2N)[C@H](O)[C@@H](O)[C@@H]1O. The number of nitrogens with one attached hydrogen (secondary N) is 2. The Labute approximate surface area is 253 Å². The van der Waals surface area contributed by atoms with Crippen molar-refractivity contribution in [3.05, 3.63) is 0 Å². The molecule has 0 aromatic heterocycles. The minimum absolute atomic E-state index is 0.0643. The van der Waals surface area contributed by atoms with Crippen LogP contribution in [-0.4, -0.2) is 183 Å². The van der Waals surface area contributed by atoms with Crippen LogP contribution in [0, 0.1) is 0 Å². The molecule has 1 aliphatic carbocycles. The molecule has 2 heterocycles. The summed E-state index contributed by atoms with van der Waals surface area (Å²) in [6, 6.07) is -4.54. The van der Waals surface area contributed by atoms with Crippen LogP contribution in [0.3, 0.4) is 0 Å². The molecule has 2 saturated heterocycles. The number of aliphatic hydroxyl groups is 7. The van der Waals surface area contributed by atoms with Gasteiger partial charge in [0, 0.05) is 19.1 Å². The van der Waals surface area contributed by atoms with Gasteiger partial charge in [-0.05, 0) is 25.9 Å². The molecule has 0 aromatic rings. The zero-order chi connectivity index (χ0) is 32.7. The van der Waals surface area contributed by atoms with Crippen LogP contribution in [0.2, 0.25) is 0 Å². The smallest absolute Gasteiger partial charge is 0.341 e. The summed E-state index contributed by atoms with van der Waals surface area (Å²) in [4.78, 5) is 12.6. The second-order valence-electron chi connectivity index (χ2n) is 11.2. The van der Waals surface area contributed by atoms with E-state index in [9.17, 15) is 45.7 Å². The molecule has 0 spiro atoms. The fourth-order valence-electron chi connectivity index (χ4n) is 5.40. The number of hydroxylamine groups is 2. The van der Waals surface area contributed by atoms with E-state index in [0.29, 0.717) is 24.6 Å². The lowest BCUT2D eigenvalue weighted by Gasteiger charge is -2.49. The Morgan fingerprint density at radius 2 is 1.48 bits per heavy atom. The van der Waals surface area contributed by atoms with Gasteiger partial charge in [0.1, 0.15) is 61.0 Å². The number of rotatable bonds is 13. The molecular weight excluding hydrogens is 594 g/mol. The molecule has 0 unspecified atom stereocenters. The summed E-state index contributed by atoms with van der Waals surface area (Å²) in [6.07, 6.45) is -17.6. The lowest BCUT2D eigenvalue weighted by molar-refractivity contribution is -0.333. The summed E-state index contributed by atoms with van der Waals surface area (Å²) >= 11 is 0. The number of nitrogens with two attached hydrogens (primary N) is 4. The molecule has 0 radical (unpaired) electrons. The Morgan fingerprint density at radius 3 is 2.11 bits per heavy atom. The summed E-state index contributed by atoms with van der Waals surface area (Å²) in [7, 11) is 0. The van der Waals surface area contributed by atoms with Crippen molar-refractivity contribution < 1.29 is 64.7 Å². The van der Waals surface area contributed by atoms with Crippen LogP contribution in [0.5, 0.6) is 0 Å². The van der Waals surface area contributed by atoms with Gasteiger partial charge in [-0.1, -0.05) is 0 Å². The van der Waals surface area contributed by atoms with Gasteiger partial charge in [-0.15, -0.1) is 0 Å². The van der Waals surface area contributed by atoms with E-state index in [4.69, 9.17) is 41.9 Å². The number of carbonyl (C=O) groups is 1. The van der Waals surface area contributed by atoms with Crippen molar-refractivity contribution in [2.75, 3.05) is 39.3 Å². The molecular formula is C24H49N7O13. The molecule has 20 heteroatoms. The van der Waals surface area contributed by atoms with E-state index >= 15 is 0 Å². The van der Waals surface area contributed by atoms with Crippen molar-refractivity contribution in [2.45, 2.75) is 105 Å². The van der Waals surface area contributed by atoms with Crippen LogP contribution in [0.1, 0.15) is 12.8 Å². The number of hydrogen-bond donors (Lipinski definition) is 14. The summed E-state index contributed by atoms with van der Waals surface area (Å²) < 4.78 is 23.0. The molecule has 2 aliphatic heterocycles. The van der Waals surface area contributed by atoms with Gasteiger partial charge < -0.3 is 88.3 Å². The highest BCUT2D eigenvalue weighted by atomic mass is 16.7. The molecule has 3 fully saturated rings. The van der Waals surface area contributed by atoms with Crippen molar-refractivity contribution in [1.29, 1.82) is 0 Å². The van der Waals surface area contributed by atoms with Gasteiger partial charge in [0.15, 0.2) is 12.6 Å². The Kier molecular flexibility index (Phi) is 14.3. The first-order valence-electron chi connectivity index (χ1n) is 14.6. The van der Waals surface area contributed by atoms with Crippen molar-refractivity contribution in [2.24, 2.45) is 22.9 Å². The highest BCUT2D eigenvalue weighted by Crippen LogP contribution is 2.32. The number of urea groups is 1. The molecule has 2 amide bonds. The Bertz CT molecular complexity index is 884. The van der Waals surface area contributed by atoms with Crippen LogP contribution in [0.15, 0.2) is 0 Å². The Balaban J connectivity index is 1.82. The number of nitrogens with zero attached hydrogens (tertiary/aromatic N) is 1. The van der Waals surface area contributed by atoms with Gasteiger partial charge in [-0.3, -0.25) is 5.21 Å². The van der Waals surface area contributed by atoms with Crippen LogP contribution in [0.25, 0.3) is 0 Å². The summed E-state index contributed by atoms with van der Waals surface area (Å²) in [6.45, 7) is 0.0138. The average Bonchev–Trinajstić information content (AvgIpc) is 2.99. The molecule has 15 atom stereocenters. The largest absolute Gasteiger partial charge is 0.394 e. The zero-order valence-corrected chi connectivity index (χ0v) is 24.2. The average molecular weight is 644 g/mol. The number of amides is 2. The zero-order valence-electron chi connectivity index (χ0n) is 24.2. The molecule has 258 valence electrons. The molecule has 0 aromatic carbocycles. The van der Waals surface area contributed by atoms with Gasteiger partial charge >= 0.3 is 6.03 Å². The minimum atomic E-state index is -1.76. The van der Waals surface area contributed by atoms with E-state index in [1.54, 1.807) is 0 Å². The predicted molar refractivity (Wildman–Crippen MR) is 147 cm³/mol. The number of carbonyl (C=O) groups excluding carboxylic acids is 1. The van der Waals surface area contributed by atoms with E-state index in [-0.39, 0.29) is 26.1 Å². The summed E-state index contributed by atoms with van der Waals surface area (Å²) in [5.74, 6) is 0. The van der Waals surface area contributed by atoms with Gasteiger partial charge in [0.25, 0.3) is 0 Å². The first-order valence-corrected chi connectivity index (χ1v) is 14.6. The van der Waals surface area contributed by atoms with Crippen molar-refractivity contribution in [3.8, 4) is 0 Å². The fraction of sp³-hybridized carbons (Fsp3) is 0.958. The second-order valence-corrected chi connectivity index (χ2v) is 11.2. The maximum atomic E-state index is 12.6. The van der Waals surface area contributed by atoms with E-state index < -0.39 is 104 Å². The lowest BCUT2D eigenvalue weighted by atomic mass is 9.83. The highest BCUT2D eigenvalue weighted by molar-refractivity contribution is 5.73. The molecule has 18 N–H and O–H groups in total. The first-order chi connectivity index (χ1) is 20.9. The molecule has 3 rings (SSSR count). The van der Waals surface area contributed by atoms with Crippen LogP contribution >= 0.6 is 0 Å². The summed E-state index contributed by atoms with van der Waals surface area (Å²) in [5, 5.41) is 89.2. The predicted octanol–water partition coefficient (Wildman–Crippen LogP) is -7.91. The van der Waals surface area contributed by atoms with Crippen molar-refractivity contribution in [1.82, 2.24) is 15.7 Å². The van der Waals surface area contributed by atoms with Crippen molar-refractivity contribution >= 4 is 6.03 Å².